The molecule has 0 saturated carbocycles. The molecule has 9 heavy (non-hydrogen) atoms. The van der Waals surface area contributed by atoms with Gasteiger partial charge in [-0.05, 0) is 0 Å². The normalized spacial score (nSPS) is 21.1. The van der Waals surface area contributed by atoms with Crippen LogP contribution >= 0.6 is 18.6 Å². The van der Waals surface area contributed by atoms with E-state index in [9.17, 15) is 0 Å². The van der Waals surface area contributed by atoms with E-state index in [0.29, 0.717) is 17.2 Å². The van der Waals surface area contributed by atoms with E-state index < -0.39 is 0 Å². The summed E-state index contributed by atoms with van der Waals surface area (Å²) < 4.78 is 6.97. The quantitative estimate of drug-likeness (QED) is 0.558. The Balaban J connectivity index is 2.59. The zero-order valence-corrected chi connectivity index (χ0v) is 9.60. The van der Waals surface area contributed by atoms with Crippen LogP contribution in [-0.4, -0.2) is 13.2 Å². The summed E-state index contributed by atoms with van der Waals surface area (Å²) >= 11 is 2.83. The third-order valence-corrected chi connectivity index (χ3v) is 6.59. The van der Waals surface area contributed by atoms with E-state index in [1.165, 1.54) is 12.0 Å². The first-order valence-corrected chi connectivity index (χ1v) is 10.2. The van der Waals surface area contributed by atoms with E-state index in [0.717, 1.165) is 13.2 Å². The van der Waals surface area contributed by atoms with Crippen LogP contribution in [-0.2, 0) is 4.74 Å². The molecule has 0 atom stereocenters. The third-order valence-electron chi connectivity index (χ3n) is 1.33. The predicted molar refractivity (Wildman–Crippen MR) is 42.2 cm³/mol. The van der Waals surface area contributed by atoms with Gasteiger partial charge in [-0.25, -0.2) is 0 Å². The summed E-state index contributed by atoms with van der Waals surface area (Å²) in [5.74, 6) is 0. The molecule has 0 amide bonds. The molecule has 3 heteroatoms. The minimum absolute atomic E-state index is 0.316. The van der Waals surface area contributed by atoms with Crippen LogP contribution in [0.15, 0.2) is 9.15 Å². The Bertz CT molecular complexity index is 131. The van der Waals surface area contributed by atoms with Crippen molar-refractivity contribution in [1.82, 2.24) is 0 Å². The van der Waals surface area contributed by atoms with Crippen molar-refractivity contribution in [2.24, 2.45) is 0 Å². The van der Waals surface area contributed by atoms with Crippen LogP contribution in [0.2, 0.25) is 0 Å². The van der Waals surface area contributed by atoms with Gasteiger partial charge in [0.15, 0.2) is 0 Å². The molecule has 1 rings (SSSR count). The van der Waals surface area contributed by atoms with Crippen molar-refractivity contribution in [3.05, 3.63) is 9.15 Å². The molecule has 0 aromatic carbocycles. The number of rotatable bonds is 1. The second kappa shape index (κ2) is 4.12. The Hall–Kier alpha value is 1.16. The Morgan fingerprint density at radius 2 is 2.44 bits per heavy atom. The van der Waals surface area contributed by atoms with Gasteiger partial charge in [0.1, 0.15) is 0 Å². The predicted octanol–water partition coefficient (Wildman–Crippen LogP) is -0.880. The van der Waals surface area contributed by atoms with Crippen molar-refractivity contribution in [1.29, 1.82) is 0 Å². The molecule has 0 spiro atoms. The van der Waals surface area contributed by atoms with E-state index in [2.05, 4.69) is 25.5 Å². The SMILES string of the molecule is CC1=C([I-]I)CCOC1. The van der Waals surface area contributed by atoms with Gasteiger partial charge < -0.3 is 0 Å². The van der Waals surface area contributed by atoms with Gasteiger partial charge >= 0.3 is 76.3 Å². The fraction of sp³-hybridized carbons (Fsp3) is 0.667. The Labute approximate surface area is 75.7 Å². The van der Waals surface area contributed by atoms with Crippen molar-refractivity contribution in [3.8, 4) is 0 Å². The van der Waals surface area contributed by atoms with Gasteiger partial charge in [-0.1, -0.05) is 0 Å². The molecule has 54 valence electrons. The van der Waals surface area contributed by atoms with Crippen molar-refractivity contribution < 1.29 is 22.0 Å². The van der Waals surface area contributed by atoms with Crippen LogP contribution in [0.3, 0.4) is 0 Å². The molecule has 0 saturated heterocycles. The average Bonchev–Trinajstić information content (AvgIpc) is 1.89. The van der Waals surface area contributed by atoms with Crippen molar-refractivity contribution >= 4 is 18.6 Å². The van der Waals surface area contributed by atoms with Crippen molar-refractivity contribution in [2.75, 3.05) is 13.2 Å². The van der Waals surface area contributed by atoms with Gasteiger partial charge in [0.05, 0.1) is 0 Å². The topological polar surface area (TPSA) is 9.23 Å². The standard InChI is InChI=1S/C6H9I2O/c1-5-4-9-3-2-6(5)8-7/h2-4H2,1H3/q-1. The summed E-state index contributed by atoms with van der Waals surface area (Å²) in [6.45, 7) is 4.03. The zero-order chi connectivity index (χ0) is 6.69. The number of hydrogen-bond acceptors (Lipinski definition) is 1. The second-order valence-electron chi connectivity index (χ2n) is 2.06. The average molecular weight is 351 g/mol. The zero-order valence-electron chi connectivity index (χ0n) is 5.29. The van der Waals surface area contributed by atoms with E-state index in [-0.39, 0.29) is 0 Å². The van der Waals surface area contributed by atoms with E-state index in [4.69, 9.17) is 4.74 Å². The van der Waals surface area contributed by atoms with Crippen molar-refractivity contribution in [2.45, 2.75) is 13.3 Å². The summed E-state index contributed by atoms with van der Waals surface area (Å²) in [5, 5.41) is 0. The Morgan fingerprint density at radius 3 is 2.89 bits per heavy atom. The molecule has 1 aliphatic heterocycles. The number of hydrogen-bond donors (Lipinski definition) is 0. The van der Waals surface area contributed by atoms with Crippen LogP contribution < -0.4 is 17.2 Å². The maximum atomic E-state index is 5.27. The molecular weight excluding hydrogens is 342 g/mol. The van der Waals surface area contributed by atoms with E-state index in [1.54, 1.807) is 3.58 Å². The molecule has 0 radical (unpaired) electrons. The van der Waals surface area contributed by atoms with Gasteiger partial charge in [-0.2, -0.15) is 0 Å². The van der Waals surface area contributed by atoms with E-state index in [1.807, 2.05) is 0 Å². The van der Waals surface area contributed by atoms with Gasteiger partial charge in [0.25, 0.3) is 0 Å². The minimum atomic E-state index is 0.316. The molecule has 0 aromatic rings. The van der Waals surface area contributed by atoms with Crippen LogP contribution in [0.4, 0.5) is 0 Å². The molecule has 1 nitrogen and oxygen atoms in total. The second-order valence-corrected chi connectivity index (χ2v) is 6.50. The summed E-state index contributed by atoms with van der Waals surface area (Å²) in [6.07, 6.45) is 1.20. The molecule has 1 aliphatic rings. The molecule has 0 unspecified atom stereocenters. The fourth-order valence-electron chi connectivity index (χ4n) is 0.775. The van der Waals surface area contributed by atoms with Gasteiger partial charge in [-0.3, -0.25) is 0 Å². The number of ether oxygens (including phenoxy) is 1. The first-order valence-electron chi connectivity index (χ1n) is 2.87. The summed E-state index contributed by atoms with van der Waals surface area (Å²) in [5.41, 5.74) is 1.49. The van der Waals surface area contributed by atoms with E-state index >= 15 is 0 Å². The Kier molecular flexibility index (Phi) is 3.78. The van der Waals surface area contributed by atoms with Crippen LogP contribution in [0, 0.1) is 0 Å². The molecule has 0 N–H and O–H groups in total. The van der Waals surface area contributed by atoms with Crippen LogP contribution in [0.25, 0.3) is 0 Å². The Morgan fingerprint density at radius 1 is 1.67 bits per heavy atom. The molecule has 0 fully saturated rings. The molecule has 0 aromatic heterocycles. The molecule has 1 heterocycles. The first-order chi connectivity index (χ1) is 4.34. The van der Waals surface area contributed by atoms with Crippen LogP contribution in [0.1, 0.15) is 13.3 Å². The van der Waals surface area contributed by atoms with Gasteiger partial charge in [0.2, 0.25) is 0 Å². The fourth-order valence-corrected chi connectivity index (χ4v) is 5.41. The van der Waals surface area contributed by atoms with Crippen LogP contribution in [0.5, 0.6) is 0 Å². The van der Waals surface area contributed by atoms with Gasteiger partial charge in [0, 0.05) is 0 Å². The van der Waals surface area contributed by atoms with Gasteiger partial charge in [-0.15, -0.1) is 0 Å². The molecular formula is C6H9I2O-. The summed E-state index contributed by atoms with van der Waals surface area (Å²) in [4.78, 5) is 0. The maximum absolute atomic E-state index is 5.27. The summed E-state index contributed by atoms with van der Waals surface area (Å²) in [6, 6.07) is 0. The third kappa shape index (κ3) is 2.34. The molecule has 0 bridgehead atoms. The summed E-state index contributed by atoms with van der Waals surface area (Å²) in [7, 11) is 0. The monoisotopic (exact) mass is 351 g/mol. The number of halogens is 2. The van der Waals surface area contributed by atoms with Crippen molar-refractivity contribution in [3.63, 3.8) is 0 Å². The first kappa shape index (κ1) is 8.26. The molecule has 0 aliphatic carbocycles.